The lowest BCUT2D eigenvalue weighted by atomic mass is 10.1. The number of para-hydroxylation sites is 2. The quantitative estimate of drug-likeness (QED) is 0.519. The van der Waals surface area contributed by atoms with Crippen LogP contribution in [0.5, 0.6) is 0 Å². The molecule has 0 spiro atoms. The highest BCUT2D eigenvalue weighted by molar-refractivity contribution is 6.08. The molecule has 0 bridgehead atoms. The number of hydrogen-bond donors (Lipinski definition) is 3. The predicted octanol–water partition coefficient (Wildman–Crippen LogP) is 4.17. The van der Waals surface area contributed by atoms with Crippen LogP contribution in [0.25, 0.3) is 0 Å². The van der Waals surface area contributed by atoms with Crippen LogP contribution in [0.15, 0.2) is 84.9 Å². The zero-order chi connectivity index (χ0) is 19.6. The third kappa shape index (κ3) is 5.45. The lowest BCUT2D eigenvalue weighted by Gasteiger charge is -2.12. The van der Waals surface area contributed by atoms with Crippen molar-refractivity contribution in [3.63, 3.8) is 0 Å². The molecule has 5 nitrogen and oxygen atoms in total. The van der Waals surface area contributed by atoms with Gasteiger partial charge in [-0.15, -0.1) is 0 Å². The molecule has 5 heteroatoms. The van der Waals surface area contributed by atoms with Crippen LogP contribution in [-0.4, -0.2) is 24.9 Å². The summed E-state index contributed by atoms with van der Waals surface area (Å²) in [6.07, 6.45) is 0.791. The van der Waals surface area contributed by atoms with Gasteiger partial charge in [0.1, 0.15) is 0 Å². The van der Waals surface area contributed by atoms with Crippen molar-refractivity contribution in [3.8, 4) is 0 Å². The van der Waals surface area contributed by atoms with Crippen LogP contribution >= 0.6 is 0 Å². The Hall–Kier alpha value is -3.60. The molecule has 0 fully saturated rings. The van der Waals surface area contributed by atoms with E-state index in [2.05, 4.69) is 16.0 Å². The van der Waals surface area contributed by atoms with Gasteiger partial charge >= 0.3 is 0 Å². The Bertz CT molecular complexity index is 911. The highest BCUT2D eigenvalue weighted by Crippen LogP contribution is 2.16. The number of benzene rings is 3. The summed E-state index contributed by atoms with van der Waals surface area (Å²) >= 11 is 0. The van der Waals surface area contributed by atoms with Gasteiger partial charge in [-0.3, -0.25) is 9.59 Å². The summed E-state index contributed by atoms with van der Waals surface area (Å²) in [6, 6.07) is 25.9. The lowest BCUT2D eigenvalue weighted by molar-refractivity contribution is 0.0954. The zero-order valence-corrected chi connectivity index (χ0v) is 15.5. The Kier molecular flexibility index (Phi) is 6.79. The maximum absolute atomic E-state index is 12.5. The van der Waals surface area contributed by atoms with Gasteiger partial charge in [0.15, 0.2) is 0 Å². The second-order valence-corrected chi connectivity index (χ2v) is 6.27. The molecule has 0 saturated carbocycles. The minimum Gasteiger partial charge on any atom is -0.385 e. The number of anilines is 2. The zero-order valence-electron chi connectivity index (χ0n) is 15.5. The van der Waals surface area contributed by atoms with Crippen molar-refractivity contribution in [2.45, 2.75) is 6.42 Å². The molecular formula is C23H23N3O2. The first kappa shape index (κ1) is 19.2. The predicted molar refractivity (Wildman–Crippen MR) is 113 cm³/mol. The van der Waals surface area contributed by atoms with Crippen molar-refractivity contribution in [2.75, 3.05) is 23.7 Å². The van der Waals surface area contributed by atoms with Crippen LogP contribution < -0.4 is 16.0 Å². The summed E-state index contributed by atoms with van der Waals surface area (Å²) < 4.78 is 0. The van der Waals surface area contributed by atoms with Crippen molar-refractivity contribution >= 4 is 23.2 Å². The topological polar surface area (TPSA) is 70.2 Å². The Morgan fingerprint density at radius 3 is 2.07 bits per heavy atom. The largest absolute Gasteiger partial charge is 0.385 e. The normalized spacial score (nSPS) is 10.1. The van der Waals surface area contributed by atoms with E-state index in [9.17, 15) is 9.59 Å². The number of nitrogens with one attached hydrogen (secondary N) is 3. The molecule has 142 valence electrons. The Morgan fingerprint density at radius 1 is 0.679 bits per heavy atom. The van der Waals surface area contributed by atoms with Crippen LogP contribution in [-0.2, 0) is 0 Å². The summed E-state index contributed by atoms with van der Waals surface area (Å²) in [5.41, 5.74) is 2.55. The molecule has 0 heterocycles. The van der Waals surface area contributed by atoms with E-state index in [1.165, 1.54) is 0 Å². The Morgan fingerprint density at radius 2 is 1.32 bits per heavy atom. The Balaban J connectivity index is 1.52. The summed E-state index contributed by atoms with van der Waals surface area (Å²) in [5, 5.41) is 9.03. The molecule has 0 saturated heterocycles. The molecule has 2 amide bonds. The molecule has 28 heavy (non-hydrogen) atoms. The minimum absolute atomic E-state index is 0.205. The molecule has 0 aliphatic rings. The first-order chi connectivity index (χ1) is 13.7. The van der Waals surface area contributed by atoms with Gasteiger partial charge in [-0.05, 0) is 42.8 Å². The summed E-state index contributed by atoms with van der Waals surface area (Å²) in [4.78, 5) is 24.9. The SMILES string of the molecule is O=C(Nc1ccccc1C(=O)NCCCNc1ccccc1)c1ccccc1. The van der Waals surface area contributed by atoms with Crippen LogP contribution in [0, 0.1) is 0 Å². The molecule has 0 atom stereocenters. The average Bonchev–Trinajstić information content (AvgIpc) is 2.75. The van der Waals surface area contributed by atoms with Crippen LogP contribution in [0.1, 0.15) is 27.1 Å². The van der Waals surface area contributed by atoms with Crippen molar-refractivity contribution in [3.05, 3.63) is 96.1 Å². The van der Waals surface area contributed by atoms with Crippen molar-refractivity contribution < 1.29 is 9.59 Å². The van der Waals surface area contributed by atoms with Gasteiger partial charge < -0.3 is 16.0 Å². The monoisotopic (exact) mass is 373 g/mol. The number of carbonyl (C=O) groups is 2. The maximum Gasteiger partial charge on any atom is 0.255 e. The standard InChI is InChI=1S/C23H23N3O2/c27-22(18-10-3-1-4-11-18)26-21-15-8-7-14-20(21)23(28)25-17-9-16-24-19-12-5-2-6-13-19/h1-8,10-15,24H,9,16-17H2,(H,25,28)(H,26,27). The molecule has 0 radical (unpaired) electrons. The fourth-order valence-electron chi connectivity index (χ4n) is 2.75. The molecular weight excluding hydrogens is 350 g/mol. The van der Waals surface area contributed by atoms with Crippen LogP contribution in [0.4, 0.5) is 11.4 Å². The van der Waals surface area contributed by atoms with E-state index >= 15 is 0 Å². The van der Waals surface area contributed by atoms with E-state index in [-0.39, 0.29) is 11.8 Å². The highest BCUT2D eigenvalue weighted by atomic mass is 16.2. The van der Waals surface area contributed by atoms with E-state index in [4.69, 9.17) is 0 Å². The molecule has 0 aromatic heterocycles. The van der Waals surface area contributed by atoms with Gasteiger partial charge in [0, 0.05) is 24.3 Å². The average molecular weight is 373 g/mol. The first-order valence-corrected chi connectivity index (χ1v) is 9.26. The minimum atomic E-state index is -0.243. The summed E-state index contributed by atoms with van der Waals surface area (Å²) in [6.45, 7) is 1.30. The summed E-state index contributed by atoms with van der Waals surface area (Å²) in [7, 11) is 0. The van der Waals surface area contributed by atoms with Crippen molar-refractivity contribution in [1.82, 2.24) is 5.32 Å². The first-order valence-electron chi connectivity index (χ1n) is 9.26. The fraction of sp³-hybridized carbons (Fsp3) is 0.130. The van der Waals surface area contributed by atoms with Crippen LogP contribution in [0.2, 0.25) is 0 Å². The molecule has 0 aliphatic heterocycles. The molecule has 3 N–H and O–H groups in total. The third-order valence-corrected chi connectivity index (χ3v) is 4.20. The molecule has 0 aliphatic carbocycles. The van der Waals surface area contributed by atoms with Gasteiger partial charge in [-0.1, -0.05) is 48.5 Å². The van der Waals surface area contributed by atoms with Crippen molar-refractivity contribution in [1.29, 1.82) is 0 Å². The van der Waals surface area contributed by atoms with Crippen molar-refractivity contribution in [2.24, 2.45) is 0 Å². The van der Waals surface area contributed by atoms with E-state index < -0.39 is 0 Å². The molecule has 3 rings (SSSR count). The second-order valence-electron chi connectivity index (χ2n) is 6.27. The van der Waals surface area contributed by atoms with Gasteiger partial charge in [0.25, 0.3) is 11.8 Å². The van der Waals surface area contributed by atoms with Crippen LogP contribution in [0.3, 0.4) is 0 Å². The van der Waals surface area contributed by atoms with Gasteiger partial charge in [0.05, 0.1) is 11.3 Å². The lowest BCUT2D eigenvalue weighted by Crippen LogP contribution is -2.27. The van der Waals surface area contributed by atoms with Gasteiger partial charge in [-0.25, -0.2) is 0 Å². The smallest absolute Gasteiger partial charge is 0.255 e. The van der Waals surface area contributed by atoms with E-state index in [0.29, 0.717) is 23.4 Å². The number of amides is 2. The van der Waals surface area contributed by atoms with E-state index in [1.54, 1.807) is 48.5 Å². The van der Waals surface area contributed by atoms with E-state index in [1.807, 2.05) is 36.4 Å². The third-order valence-electron chi connectivity index (χ3n) is 4.20. The highest BCUT2D eigenvalue weighted by Gasteiger charge is 2.13. The molecule has 0 unspecified atom stereocenters. The second kappa shape index (κ2) is 9.92. The number of hydrogen-bond acceptors (Lipinski definition) is 3. The fourth-order valence-corrected chi connectivity index (χ4v) is 2.75. The Labute approximate surface area is 164 Å². The van der Waals surface area contributed by atoms with Gasteiger partial charge in [-0.2, -0.15) is 0 Å². The molecule has 3 aromatic rings. The number of rotatable bonds is 8. The maximum atomic E-state index is 12.5. The summed E-state index contributed by atoms with van der Waals surface area (Å²) in [5.74, 6) is -0.448. The van der Waals surface area contributed by atoms with Gasteiger partial charge in [0.2, 0.25) is 0 Å². The van der Waals surface area contributed by atoms with E-state index in [0.717, 1.165) is 18.7 Å². The number of carbonyl (C=O) groups excluding carboxylic acids is 2. The molecule has 3 aromatic carbocycles.